The van der Waals surface area contributed by atoms with Crippen LogP contribution in [0.1, 0.15) is 303 Å². The number of unbranched alkanes of at least 4 members (excludes halogenated alkanes) is 33. The molecule has 0 aromatic carbocycles. The lowest BCUT2D eigenvalue weighted by Gasteiger charge is -2.21. The van der Waals surface area contributed by atoms with E-state index in [0.717, 1.165) is 116 Å². The van der Waals surface area contributed by atoms with Gasteiger partial charge in [0.05, 0.1) is 19.8 Å². The summed E-state index contributed by atoms with van der Waals surface area (Å²) in [5, 5.41) is 9.85. The fraction of sp³-hybridized carbons (Fsp3) is 0.803. The van der Waals surface area contributed by atoms with E-state index in [2.05, 4.69) is 81.5 Å². The average Bonchev–Trinajstić information content (AvgIpc) is 3.43. The second-order valence-electron chi connectivity index (χ2n) is 21.6. The molecule has 0 aliphatic heterocycles. The first-order valence-corrected chi connectivity index (χ1v) is 33.7. The molecule has 0 radical (unpaired) electrons. The maximum absolute atomic E-state index is 13.0. The third kappa shape index (κ3) is 57.9. The summed E-state index contributed by atoms with van der Waals surface area (Å²) in [6.07, 6.45) is 67.4. The van der Waals surface area contributed by atoms with Crippen LogP contribution in [0.15, 0.2) is 60.8 Å². The van der Waals surface area contributed by atoms with E-state index in [-0.39, 0.29) is 25.9 Å². The van der Waals surface area contributed by atoms with Gasteiger partial charge in [0.15, 0.2) is 6.10 Å². The molecule has 0 aromatic rings. The van der Waals surface area contributed by atoms with Crippen molar-refractivity contribution >= 4 is 25.7 Å². The van der Waals surface area contributed by atoms with Gasteiger partial charge in [0.25, 0.3) is 0 Å². The van der Waals surface area contributed by atoms with Crippen LogP contribution in [-0.4, -0.2) is 66.5 Å². The van der Waals surface area contributed by atoms with Gasteiger partial charge in [-0.3, -0.25) is 23.4 Å². The van der Waals surface area contributed by atoms with Gasteiger partial charge in [-0.1, -0.05) is 261 Å². The van der Waals surface area contributed by atoms with E-state index in [4.69, 9.17) is 23.3 Å². The molecule has 3 atom stereocenters. The second-order valence-corrected chi connectivity index (χ2v) is 23.0. The number of esters is 3. The molecule has 78 heavy (non-hydrogen) atoms. The molecule has 0 saturated heterocycles. The number of allylic oxidation sites excluding steroid dienone is 10. The Hall–Kier alpha value is -2.82. The summed E-state index contributed by atoms with van der Waals surface area (Å²) < 4.78 is 39.7. The highest BCUT2D eigenvalue weighted by Gasteiger charge is 2.28. The number of rotatable bonds is 60. The number of phosphoric ester groups is 1. The quantitative estimate of drug-likeness (QED) is 0.0197. The zero-order valence-electron chi connectivity index (χ0n) is 50.4. The monoisotopic (exact) mass is 1120 g/mol. The SMILES string of the molecule is CC/C=C\C/C=C\C/C=C\CCCCCCCCCC(=O)OC(COC(=O)CCCCCCCCCCCCCCCCCCC)COP(=O)(O)OCC(CO)OC(=O)CCCCCCCCC/C=C\C/C=C\CCCCC. The largest absolute Gasteiger partial charge is 0.472 e. The lowest BCUT2D eigenvalue weighted by molar-refractivity contribution is -0.161. The molecule has 11 nitrogen and oxygen atoms in total. The van der Waals surface area contributed by atoms with Crippen molar-refractivity contribution in [3.05, 3.63) is 60.8 Å². The van der Waals surface area contributed by atoms with Crippen molar-refractivity contribution in [3.8, 4) is 0 Å². The van der Waals surface area contributed by atoms with E-state index in [0.29, 0.717) is 19.3 Å². The Morgan fingerprint density at radius 2 is 0.667 bits per heavy atom. The molecular weight excluding hydrogens is 1000 g/mol. The first-order valence-electron chi connectivity index (χ1n) is 32.2. The average molecular weight is 1120 g/mol. The summed E-state index contributed by atoms with van der Waals surface area (Å²) in [5.74, 6) is -1.46. The van der Waals surface area contributed by atoms with Crippen molar-refractivity contribution in [2.45, 2.75) is 315 Å². The number of phosphoric acid groups is 1. The Morgan fingerprint density at radius 3 is 1.05 bits per heavy atom. The van der Waals surface area contributed by atoms with Crippen molar-refractivity contribution < 1.29 is 52.2 Å². The van der Waals surface area contributed by atoms with Crippen LogP contribution in [-0.2, 0) is 42.2 Å². The molecular formula is C66H119O11P. The number of carbonyl (C=O) groups excluding carboxylic acids is 3. The molecule has 0 bridgehead atoms. The first-order chi connectivity index (χ1) is 38.2. The van der Waals surface area contributed by atoms with E-state index in [1.54, 1.807) is 0 Å². The number of hydrogen-bond acceptors (Lipinski definition) is 10. The van der Waals surface area contributed by atoms with Gasteiger partial charge in [0, 0.05) is 19.3 Å². The summed E-state index contributed by atoms with van der Waals surface area (Å²) in [6.45, 7) is 4.55. The van der Waals surface area contributed by atoms with Crippen LogP contribution in [0.25, 0.3) is 0 Å². The Bertz CT molecular complexity index is 1540. The van der Waals surface area contributed by atoms with Crippen LogP contribution in [0.4, 0.5) is 0 Å². The molecule has 0 heterocycles. The topological polar surface area (TPSA) is 155 Å². The molecule has 0 saturated carbocycles. The maximum Gasteiger partial charge on any atom is 0.472 e. The number of aliphatic hydroxyl groups excluding tert-OH is 1. The van der Waals surface area contributed by atoms with Crippen molar-refractivity contribution in [1.29, 1.82) is 0 Å². The third-order valence-electron chi connectivity index (χ3n) is 13.9. The van der Waals surface area contributed by atoms with Gasteiger partial charge in [-0.05, 0) is 83.5 Å². The van der Waals surface area contributed by atoms with Crippen molar-refractivity contribution in [2.24, 2.45) is 0 Å². The van der Waals surface area contributed by atoms with Crippen LogP contribution in [0, 0.1) is 0 Å². The molecule has 0 aliphatic carbocycles. The highest BCUT2D eigenvalue weighted by atomic mass is 31.2. The molecule has 0 rings (SSSR count). The van der Waals surface area contributed by atoms with Gasteiger partial charge in [0.1, 0.15) is 12.7 Å². The second kappa shape index (κ2) is 60.3. The molecule has 454 valence electrons. The summed E-state index contributed by atoms with van der Waals surface area (Å²) in [5.41, 5.74) is 0. The molecule has 0 fully saturated rings. The smallest absolute Gasteiger partial charge is 0.462 e. The van der Waals surface area contributed by atoms with Crippen molar-refractivity contribution in [1.82, 2.24) is 0 Å². The highest BCUT2D eigenvalue weighted by Crippen LogP contribution is 2.43. The third-order valence-corrected chi connectivity index (χ3v) is 14.9. The number of hydrogen-bond donors (Lipinski definition) is 2. The minimum atomic E-state index is -4.76. The van der Waals surface area contributed by atoms with E-state index in [1.165, 1.54) is 128 Å². The van der Waals surface area contributed by atoms with Crippen molar-refractivity contribution in [2.75, 3.05) is 26.4 Å². The van der Waals surface area contributed by atoms with E-state index >= 15 is 0 Å². The van der Waals surface area contributed by atoms with E-state index < -0.39 is 57.8 Å². The molecule has 0 spiro atoms. The normalized spacial score (nSPS) is 13.7. The predicted octanol–water partition coefficient (Wildman–Crippen LogP) is 19.5. The zero-order chi connectivity index (χ0) is 56.9. The van der Waals surface area contributed by atoms with Gasteiger partial charge in [0.2, 0.25) is 0 Å². The Kier molecular flexibility index (Phi) is 58.1. The Morgan fingerprint density at radius 1 is 0.372 bits per heavy atom. The van der Waals surface area contributed by atoms with Gasteiger partial charge < -0.3 is 24.2 Å². The van der Waals surface area contributed by atoms with Gasteiger partial charge in [-0.2, -0.15) is 0 Å². The maximum atomic E-state index is 13.0. The van der Waals surface area contributed by atoms with E-state index in [1.807, 2.05) is 0 Å². The molecule has 0 aromatic heterocycles. The van der Waals surface area contributed by atoms with Crippen LogP contribution in [0.3, 0.4) is 0 Å². The number of ether oxygens (including phenoxy) is 3. The Labute approximate surface area is 478 Å². The Balaban J connectivity index is 4.69. The highest BCUT2D eigenvalue weighted by molar-refractivity contribution is 7.47. The zero-order valence-corrected chi connectivity index (χ0v) is 51.3. The number of carbonyl (C=O) groups is 3. The lowest BCUT2D eigenvalue weighted by Crippen LogP contribution is -2.30. The van der Waals surface area contributed by atoms with Crippen LogP contribution in [0.5, 0.6) is 0 Å². The van der Waals surface area contributed by atoms with Crippen LogP contribution in [0.2, 0.25) is 0 Å². The van der Waals surface area contributed by atoms with Crippen molar-refractivity contribution in [3.63, 3.8) is 0 Å². The molecule has 12 heteroatoms. The lowest BCUT2D eigenvalue weighted by atomic mass is 10.0. The fourth-order valence-electron chi connectivity index (χ4n) is 9.05. The molecule has 3 unspecified atom stereocenters. The van der Waals surface area contributed by atoms with Gasteiger partial charge in [-0.25, -0.2) is 4.57 Å². The molecule has 0 amide bonds. The first kappa shape index (κ1) is 75.2. The molecule has 2 N–H and O–H groups in total. The number of aliphatic hydroxyl groups is 1. The standard InChI is InChI=1S/C66H119O11P/c1-4-7-10-13-16-19-22-25-28-31-34-37-40-43-46-49-52-55-64(68)73-59-63(77-66(70)57-54-51-48-45-42-39-36-33-30-27-24-21-18-15-12-9-6-3)61-75-78(71,72)74-60-62(58-67)76-65(69)56-53-50-47-44-41-38-35-32-29-26-23-20-17-14-11-8-5-2/h9,12,17-18,20-21,26-27,29-30,62-63,67H,4-8,10-11,13-16,19,22-25,28,31-61H2,1-3H3,(H,71,72)/b12-9-,20-17-,21-18-,29-26-,30-27-. The molecule has 0 aliphatic rings. The minimum absolute atomic E-state index is 0.157. The van der Waals surface area contributed by atoms with Crippen LogP contribution >= 0.6 is 7.82 Å². The van der Waals surface area contributed by atoms with Crippen LogP contribution < -0.4 is 0 Å². The fourth-order valence-corrected chi connectivity index (χ4v) is 9.83. The van der Waals surface area contributed by atoms with Gasteiger partial charge >= 0.3 is 25.7 Å². The predicted molar refractivity (Wildman–Crippen MR) is 325 cm³/mol. The summed E-state index contributed by atoms with van der Waals surface area (Å²) in [7, 11) is -4.76. The van der Waals surface area contributed by atoms with E-state index in [9.17, 15) is 28.9 Å². The van der Waals surface area contributed by atoms with Gasteiger partial charge in [-0.15, -0.1) is 0 Å². The summed E-state index contributed by atoms with van der Waals surface area (Å²) in [6, 6.07) is 0. The summed E-state index contributed by atoms with van der Waals surface area (Å²) in [4.78, 5) is 48.7. The summed E-state index contributed by atoms with van der Waals surface area (Å²) >= 11 is 0. The minimum Gasteiger partial charge on any atom is -0.462 e.